The number of benzene rings is 1. The molecule has 0 N–H and O–H groups in total. The summed E-state index contributed by atoms with van der Waals surface area (Å²) in [6.45, 7) is 6.02. The molecule has 0 bridgehead atoms. The molecule has 3 heterocycles. The van der Waals surface area contributed by atoms with Crippen LogP contribution < -0.4 is 0 Å². The lowest BCUT2D eigenvalue weighted by Gasteiger charge is -2.30. The van der Waals surface area contributed by atoms with Crippen molar-refractivity contribution < 1.29 is 9.53 Å². The summed E-state index contributed by atoms with van der Waals surface area (Å²) in [6, 6.07) is 10.3. The summed E-state index contributed by atoms with van der Waals surface area (Å²) < 4.78 is 7.70. The number of hydrogen-bond acceptors (Lipinski definition) is 5. The van der Waals surface area contributed by atoms with Crippen LogP contribution in [0.2, 0.25) is 0 Å². The van der Waals surface area contributed by atoms with Gasteiger partial charge in [-0.2, -0.15) is 0 Å². The Labute approximate surface area is 206 Å². The molecule has 0 atom stereocenters. The summed E-state index contributed by atoms with van der Waals surface area (Å²) in [5.74, 6) is 1.08. The van der Waals surface area contributed by atoms with Crippen LogP contribution in [0.1, 0.15) is 44.2 Å². The SMILES string of the molecule is O=C(CCC1CCCC1)N(CCc1csc2nc(-c3ccccc3)cn12)CCN1CCOCC1. The van der Waals surface area contributed by atoms with Gasteiger partial charge in [0.1, 0.15) is 0 Å². The Morgan fingerprint density at radius 1 is 1.12 bits per heavy atom. The number of morpholine rings is 1. The predicted octanol–water partition coefficient (Wildman–Crippen LogP) is 4.74. The average molecular weight is 481 g/mol. The Balaban J connectivity index is 1.23. The van der Waals surface area contributed by atoms with Gasteiger partial charge in [-0.05, 0) is 12.3 Å². The second kappa shape index (κ2) is 11.5. The lowest BCUT2D eigenvalue weighted by Crippen LogP contribution is -2.43. The van der Waals surface area contributed by atoms with Gasteiger partial charge in [0, 0.05) is 68.4 Å². The Morgan fingerprint density at radius 2 is 1.91 bits per heavy atom. The minimum Gasteiger partial charge on any atom is -0.379 e. The molecule has 2 aromatic heterocycles. The van der Waals surface area contributed by atoms with Crippen LogP contribution in [0, 0.1) is 5.92 Å². The van der Waals surface area contributed by atoms with E-state index in [1.807, 2.05) is 18.2 Å². The summed E-state index contributed by atoms with van der Waals surface area (Å²) in [7, 11) is 0. The van der Waals surface area contributed by atoms with Crippen molar-refractivity contribution in [3.05, 3.63) is 47.6 Å². The van der Waals surface area contributed by atoms with E-state index in [4.69, 9.17) is 9.72 Å². The van der Waals surface area contributed by atoms with Crippen molar-refractivity contribution in [2.45, 2.75) is 44.9 Å². The Morgan fingerprint density at radius 3 is 2.71 bits per heavy atom. The van der Waals surface area contributed by atoms with Gasteiger partial charge < -0.3 is 9.64 Å². The number of thiazole rings is 1. The minimum atomic E-state index is 0.322. The van der Waals surface area contributed by atoms with E-state index in [-0.39, 0.29) is 0 Å². The molecule has 1 saturated carbocycles. The molecular formula is C27H36N4O2S. The highest BCUT2D eigenvalue weighted by molar-refractivity contribution is 7.15. The van der Waals surface area contributed by atoms with Crippen LogP contribution in [0.15, 0.2) is 41.9 Å². The largest absolute Gasteiger partial charge is 0.379 e. The average Bonchev–Trinajstić information content (AvgIpc) is 3.62. The topological polar surface area (TPSA) is 50.1 Å². The number of imidazole rings is 1. The van der Waals surface area contributed by atoms with Gasteiger partial charge >= 0.3 is 0 Å². The third-order valence-corrected chi connectivity index (χ3v) is 8.26. The number of amides is 1. The van der Waals surface area contributed by atoms with E-state index in [1.54, 1.807) is 11.3 Å². The smallest absolute Gasteiger partial charge is 0.222 e. The monoisotopic (exact) mass is 480 g/mol. The zero-order valence-corrected chi connectivity index (χ0v) is 20.8. The fraction of sp³-hybridized carbons (Fsp3) is 0.556. The maximum atomic E-state index is 13.3. The number of carbonyl (C=O) groups is 1. The first-order valence-corrected chi connectivity index (χ1v) is 13.7. The molecule has 2 aliphatic rings. The van der Waals surface area contributed by atoms with Crippen LogP contribution in [-0.2, 0) is 16.0 Å². The molecule has 7 heteroatoms. The van der Waals surface area contributed by atoms with Crippen LogP contribution in [0.4, 0.5) is 0 Å². The first-order chi connectivity index (χ1) is 16.8. The van der Waals surface area contributed by atoms with Crippen molar-refractivity contribution in [2.24, 2.45) is 5.92 Å². The molecule has 1 aliphatic carbocycles. The molecule has 0 spiro atoms. The maximum Gasteiger partial charge on any atom is 0.222 e. The molecule has 182 valence electrons. The molecule has 3 aromatic rings. The van der Waals surface area contributed by atoms with Gasteiger partial charge in [0.15, 0.2) is 4.96 Å². The van der Waals surface area contributed by atoms with Crippen molar-refractivity contribution in [1.82, 2.24) is 19.2 Å². The van der Waals surface area contributed by atoms with Crippen molar-refractivity contribution in [1.29, 1.82) is 0 Å². The second-order valence-electron chi connectivity index (χ2n) is 9.65. The summed E-state index contributed by atoms with van der Waals surface area (Å²) in [4.78, 5) is 23.6. The van der Waals surface area contributed by atoms with E-state index in [2.05, 4.69) is 37.9 Å². The number of fused-ring (bicyclic) bond motifs is 1. The normalized spacial score (nSPS) is 17.5. The first-order valence-electron chi connectivity index (χ1n) is 12.8. The van der Waals surface area contributed by atoms with Crippen molar-refractivity contribution in [3.8, 4) is 11.3 Å². The van der Waals surface area contributed by atoms with Gasteiger partial charge in [-0.25, -0.2) is 4.98 Å². The molecule has 1 aliphatic heterocycles. The van der Waals surface area contributed by atoms with E-state index < -0.39 is 0 Å². The number of rotatable bonds is 10. The summed E-state index contributed by atoms with van der Waals surface area (Å²) >= 11 is 1.68. The third-order valence-electron chi connectivity index (χ3n) is 7.37. The summed E-state index contributed by atoms with van der Waals surface area (Å²) in [5.41, 5.74) is 3.37. The molecule has 6 nitrogen and oxygen atoms in total. The van der Waals surface area contributed by atoms with Crippen molar-refractivity contribution >= 4 is 22.2 Å². The lowest BCUT2D eigenvalue weighted by atomic mass is 10.0. The lowest BCUT2D eigenvalue weighted by molar-refractivity contribution is -0.131. The van der Waals surface area contributed by atoms with Crippen LogP contribution in [-0.4, -0.2) is 71.0 Å². The standard InChI is InChI=1S/C27H36N4O2S/c32-26(11-10-22-6-4-5-7-22)30(15-14-29-16-18-33-19-17-29)13-12-24-21-34-27-28-25(20-31(24)27)23-8-2-1-3-9-23/h1-3,8-9,20-22H,4-7,10-19H2. The Bertz CT molecular complexity index is 1050. The van der Waals surface area contributed by atoms with Crippen LogP contribution >= 0.6 is 11.3 Å². The van der Waals surface area contributed by atoms with E-state index in [9.17, 15) is 4.79 Å². The maximum absolute atomic E-state index is 13.3. The Kier molecular flexibility index (Phi) is 7.94. The minimum absolute atomic E-state index is 0.322. The fourth-order valence-corrected chi connectivity index (χ4v) is 6.15. The number of ether oxygens (including phenoxy) is 1. The predicted molar refractivity (Wildman–Crippen MR) is 137 cm³/mol. The molecule has 0 unspecified atom stereocenters. The van der Waals surface area contributed by atoms with Crippen molar-refractivity contribution in [2.75, 3.05) is 45.9 Å². The highest BCUT2D eigenvalue weighted by Gasteiger charge is 2.21. The number of hydrogen-bond donors (Lipinski definition) is 0. The number of aromatic nitrogens is 2. The fourth-order valence-electron chi connectivity index (χ4n) is 5.24. The van der Waals surface area contributed by atoms with Gasteiger partial charge in [0.2, 0.25) is 5.91 Å². The van der Waals surface area contributed by atoms with E-state index in [0.29, 0.717) is 12.3 Å². The van der Waals surface area contributed by atoms with Crippen LogP contribution in [0.3, 0.4) is 0 Å². The van der Waals surface area contributed by atoms with E-state index in [0.717, 1.165) is 80.9 Å². The molecular weight excluding hydrogens is 444 g/mol. The molecule has 5 rings (SSSR count). The molecule has 34 heavy (non-hydrogen) atoms. The van der Waals surface area contributed by atoms with E-state index in [1.165, 1.54) is 31.4 Å². The van der Waals surface area contributed by atoms with Crippen LogP contribution in [0.25, 0.3) is 16.2 Å². The highest BCUT2D eigenvalue weighted by Crippen LogP contribution is 2.29. The second-order valence-corrected chi connectivity index (χ2v) is 10.5. The molecule has 1 amide bonds. The van der Waals surface area contributed by atoms with Crippen LogP contribution in [0.5, 0.6) is 0 Å². The Hall–Kier alpha value is -2.22. The highest BCUT2D eigenvalue weighted by atomic mass is 32.1. The molecule has 0 radical (unpaired) electrons. The van der Waals surface area contributed by atoms with Gasteiger partial charge in [0.25, 0.3) is 0 Å². The number of carbonyl (C=O) groups excluding carboxylic acids is 1. The zero-order chi connectivity index (χ0) is 23.2. The van der Waals surface area contributed by atoms with E-state index >= 15 is 0 Å². The summed E-state index contributed by atoms with van der Waals surface area (Å²) in [5, 5.41) is 2.19. The molecule has 2 fully saturated rings. The van der Waals surface area contributed by atoms with Gasteiger partial charge in [-0.1, -0.05) is 56.0 Å². The first kappa shape index (κ1) is 23.5. The molecule has 1 saturated heterocycles. The molecule has 1 aromatic carbocycles. The quantitative estimate of drug-likeness (QED) is 0.421. The van der Waals surface area contributed by atoms with Gasteiger partial charge in [-0.3, -0.25) is 14.1 Å². The number of nitrogens with zero attached hydrogens (tertiary/aromatic N) is 4. The summed E-state index contributed by atoms with van der Waals surface area (Å²) in [6.07, 6.45) is 10.0. The van der Waals surface area contributed by atoms with Crippen molar-refractivity contribution in [3.63, 3.8) is 0 Å². The van der Waals surface area contributed by atoms with Gasteiger partial charge in [0.05, 0.1) is 18.9 Å². The zero-order valence-electron chi connectivity index (χ0n) is 20.0. The third kappa shape index (κ3) is 5.88. The van der Waals surface area contributed by atoms with Gasteiger partial charge in [-0.15, -0.1) is 11.3 Å².